The number of primary amides is 1. The first-order chi connectivity index (χ1) is 15.5. The third kappa shape index (κ3) is 3.63. The molecule has 0 saturated heterocycles. The molecule has 162 valence electrons. The number of hydrogen-bond acceptors (Lipinski definition) is 5. The van der Waals surface area contributed by atoms with Crippen molar-refractivity contribution in [2.75, 3.05) is 0 Å². The Hall–Kier alpha value is -2.97. The maximum Gasteiger partial charge on any atom is 0.267 e. The molecule has 2 heterocycles. The standard InChI is InChI=1S/C24H20FN3O2S2/c25-16-11-5-6-12-17(16)28-23(30)19-15-10-4-7-13-18(15)31-22(19)27-24(28)32-20(21(26)29)14-8-2-1-3-9-14/h1-3,5-6,8-9,11-12,20H,4,7,10,13H2,(H2,26,29). The van der Waals surface area contributed by atoms with Gasteiger partial charge >= 0.3 is 0 Å². The first kappa shape index (κ1) is 20.9. The lowest BCUT2D eigenvalue weighted by atomic mass is 9.97. The van der Waals surface area contributed by atoms with Crippen molar-refractivity contribution in [1.82, 2.24) is 9.55 Å². The Labute approximate surface area is 192 Å². The van der Waals surface area contributed by atoms with E-state index in [1.54, 1.807) is 30.3 Å². The molecule has 0 saturated carbocycles. The molecular formula is C24H20FN3O2S2. The number of thiophene rings is 1. The van der Waals surface area contributed by atoms with Gasteiger partial charge in [-0.3, -0.25) is 14.2 Å². The topological polar surface area (TPSA) is 78.0 Å². The van der Waals surface area contributed by atoms with Crippen molar-refractivity contribution in [2.45, 2.75) is 36.1 Å². The molecule has 1 unspecified atom stereocenters. The minimum atomic E-state index is -0.770. The van der Waals surface area contributed by atoms with Gasteiger partial charge in [-0.2, -0.15) is 0 Å². The second-order valence-corrected chi connectivity index (χ2v) is 9.84. The monoisotopic (exact) mass is 465 g/mol. The summed E-state index contributed by atoms with van der Waals surface area (Å²) in [6.07, 6.45) is 3.85. The number of aryl methyl sites for hydroxylation is 2. The molecule has 1 aliphatic rings. The van der Waals surface area contributed by atoms with Gasteiger partial charge in [0.2, 0.25) is 5.91 Å². The predicted octanol–water partition coefficient (Wildman–Crippen LogP) is 4.78. The van der Waals surface area contributed by atoms with Gasteiger partial charge in [-0.1, -0.05) is 54.2 Å². The van der Waals surface area contributed by atoms with Crippen molar-refractivity contribution in [3.05, 3.63) is 86.8 Å². The van der Waals surface area contributed by atoms with E-state index in [1.807, 2.05) is 18.2 Å². The first-order valence-electron chi connectivity index (χ1n) is 10.4. The van der Waals surface area contributed by atoms with E-state index in [1.165, 1.54) is 26.8 Å². The molecule has 5 nitrogen and oxygen atoms in total. The number of benzene rings is 2. The Morgan fingerprint density at radius 2 is 1.81 bits per heavy atom. The molecule has 1 amide bonds. The number of fused-ring (bicyclic) bond motifs is 3. The van der Waals surface area contributed by atoms with Crippen LogP contribution in [0.4, 0.5) is 4.39 Å². The van der Waals surface area contributed by atoms with Crippen molar-refractivity contribution in [1.29, 1.82) is 0 Å². The molecule has 0 bridgehead atoms. The van der Waals surface area contributed by atoms with E-state index in [2.05, 4.69) is 0 Å². The number of thioether (sulfide) groups is 1. The van der Waals surface area contributed by atoms with Crippen LogP contribution >= 0.6 is 23.1 Å². The highest BCUT2D eigenvalue weighted by atomic mass is 32.2. The Kier molecular flexibility index (Phi) is 5.57. The molecule has 0 spiro atoms. The number of nitrogens with two attached hydrogens (primary N) is 1. The molecule has 5 rings (SSSR count). The molecule has 32 heavy (non-hydrogen) atoms. The number of carbonyl (C=O) groups is 1. The zero-order valence-electron chi connectivity index (χ0n) is 17.1. The van der Waals surface area contributed by atoms with Gasteiger partial charge in [-0.25, -0.2) is 9.37 Å². The first-order valence-corrected chi connectivity index (χ1v) is 12.1. The number of para-hydroxylation sites is 1. The maximum atomic E-state index is 14.8. The minimum absolute atomic E-state index is 0.112. The fourth-order valence-electron chi connectivity index (χ4n) is 4.13. The molecule has 2 N–H and O–H groups in total. The summed E-state index contributed by atoms with van der Waals surface area (Å²) in [6.45, 7) is 0. The van der Waals surface area contributed by atoms with Gasteiger partial charge in [0.05, 0.1) is 11.1 Å². The largest absolute Gasteiger partial charge is 0.368 e. The molecule has 0 aliphatic heterocycles. The lowest BCUT2D eigenvalue weighted by molar-refractivity contribution is -0.117. The summed E-state index contributed by atoms with van der Waals surface area (Å²) < 4.78 is 16.1. The van der Waals surface area contributed by atoms with Crippen LogP contribution in [0.2, 0.25) is 0 Å². The minimum Gasteiger partial charge on any atom is -0.368 e. The Balaban J connectivity index is 1.76. The fraction of sp³-hybridized carbons (Fsp3) is 0.208. The Morgan fingerprint density at radius 1 is 1.09 bits per heavy atom. The summed E-state index contributed by atoms with van der Waals surface area (Å²) in [5.74, 6) is -1.09. The van der Waals surface area contributed by atoms with Crippen molar-refractivity contribution in [3.8, 4) is 5.69 Å². The number of aromatic nitrogens is 2. The van der Waals surface area contributed by atoms with E-state index < -0.39 is 17.0 Å². The third-order valence-corrected chi connectivity index (χ3v) is 8.05. The summed E-state index contributed by atoms with van der Waals surface area (Å²) in [6, 6.07) is 15.2. The van der Waals surface area contributed by atoms with Crippen LogP contribution < -0.4 is 11.3 Å². The molecular weight excluding hydrogens is 445 g/mol. The van der Waals surface area contributed by atoms with Gasteiger partial charge in [-0.05, 0) is 48.9 Å². The second-order valence-electron chi connectivity index (χ2n) is 7.69. The van der Waals surface area contributed by atoms with E-state index in [9.17, 15) is 14.0 Å². The summed E-state index contributed by atoms with van der Waals surface area (Å²) >= 11 is 2.59. The van der Waals surface area contributed by atoms with E-state index in [0.717, 1.165) is 43.0 Å². The van der Waals surface area contributed by atoms with E-state index in [4.69, 9.17) is 10.7 Å². The number of amides is 1. The Morgan fingerprint density at radius 3 is 2.56 bits per heavy atom. The molecule has 0 radical (unpaired) electrons. The average molecular weight is 466 g/mol. The highest BCUT2D eigenvalue weighted by molar-refractivity contribution is 8.00. The molecule has 8 heteroatoms. The summed E-state index contributed by atoms with van der Waals surface area (Å²) in [5, 5.41) is 0.0413. The van der Waals surface area contributed by atoms with Crippen molar-refractivity contribution in [2.24, 2.45) is 5.73 Å². The number of carbonyl (C=O) groups excluding carboxylic acids is 1. The van der Waals surface area contributed by atoms with Gasteiger partial charge < -0.3 is 5.73 Å². The number of halogens is 1. The molecule has 2 aromatic heterocycles. The van der Waals surface area contributed by atoms with Gasteiger partial charge in [0.25, 0.3) is 5.56 Å². The highest BCUT2D eigenvalue weighted by Crippen LogP contribution is 2.39. The average Bonchev–Trinajstić information content (AvgIpc) is 3.17. The quantitative estimate of drug-likeness (QED) is 0.340. The van der Waals surface area contributed by atoms with Crippen LogP contribution in [0.25, 0.3) is 15.9 Å². The summed E-state index contributed by atoms with van der Waals surface area (Å²) in [7, 11) is 0. The van der Waals surface area contributed by atoms with Crippen LogP contribution in [0.1, 0.15) is 34.1 Å². The molecule has 2 aromatic carbocycles. The number of rotatable bonds is 5. The number of hydrogen-bond donors (Lipinski definition) is 1. The SMILES string of the molecule is NC(=O)C(Sc1nc2sc3c(c2c(=O)n1-c1ccccc1F)CCCC3)c1ccccc1. The van der Waals surface area contributed by atoms with Crippen LogP contribution in [0.5, 0.6) is 0 Å². The summed E-state index contributed by atoms with van der Waals surface area (Å²) in [5.41, 5.74) is 7.26. The van der Waals surface area contributed by atoms with E-state index in [0.29, 0.717) is 15.8 Å². The van der Waals surface area contributed by atoms with Gasteiger partial charge in [0, 0.05) is 4.88 Å². The van der Waals surface area contributed by atoms with Crippen LogP contribution in [-0.2, 0) is 17.6 Å². The lowest BCUT2D eigenvalue weighted by Crippen LogP contribution is -2.25. The zero-order chi connectivity index (χ0) is 22.2. The fourth-order valence-corrected chi connectivity index (χ4v) is 6.49. The van der Waals surface area contributed by atoms with Crippen LogP contribution in [0.15, 0.2) is 64.5 Å². The molecule has 1 atom stereocenters. The van der Waals surface area contributed by atoms with Crippen molar-refractivity contribution < 1.29 is 9.18 Å². The Bertz CT molecular complexity index is 1380. The predicted molar refractivity (Wildman–Crippen MR) is 126 cm³/mol. The van der Waals surface area contributed by atoms with E-state index >= 15 is 0 Å². The zero-order valence-corrected chi connectivity index (χ0v) is 18.7. The van der Waals surface area contributed by atoms with Gasteiger partial charge in [0.1, 0.15) is 15.9 Å². The van der Waals surface area contributed by atoms with Crippen LogP contribution in [-0.4, -0.2) is 15.5 Å². The van der Waals surface area contributed by atoms with Crippen molar-refractivity contribution in [3.63, 3.8) is 0 Å². The summed E-state index contributed by atoms with van der Waals surface area (Å²) in [4.78, 5) is 32.7. The highest BCUT2D eigenvalue weighted by Gasteiger charge is 2.27. The smallest absolute Gasteiger partial charge is 0.267 e. The van der Waals surface area contributed by atoms with E-state index in [-0.39, 0.29) is 16.4 Å². The molecule has 0 fully saturated rings. The lowest BCUT2D eigenvalue weighted by Gasteiger charge is -2.17. The van der Waals surface area contributed by atoms with Gasteiger partial charge in [-0.15, -0.1) is 11.3 Å². The molecule has 1 aliphatic carbocycles. The number of nitrogens with zero attached hydrogens (tertiary/aromatic N) is 2. The van der Waals surface area contributed by atoms with Crippen LogP contribution in [0, 0.1) is 5.82 Å². The molecule has 4 aromatic rings. The normalized spacial score (nSPS) is 14.3. The maximum absolute atomic E-state index is 14.8. The van der Waals surface area contributed by atoms with Crippen LogP contribution in [0.3, 0.4) is 0 Å². The van der Waals surface area contributed by atoms with Crippen molar-refractivity contribution >= 4 is 39.2 Å². The third-order valence-electron chi connectivity index (χ3n) is 5.64. The van der Waals surface area contributed by atoms with Gasteiger partial charge in [0.15, 0.2) is 5.16 Å². The second kappa shape index (κ2) is 8.52.